The van der Waals surface area contributed by atoms with Gasteiger partial charge in [0.05, 0.1) is 12.0 Å². The van der Waals surface area contributed by atoms with Crippen molar-refractivity contribution in [2.45, 2.75) is 51.2 Å². The van der Waals surface area contributed by atoms with E-state index in [1.54, 1.807) is 4.90 Å². The molecule has 0 atom stereocenters. The average molecular weight is 335 g/mol. The van der Waals surface area contributed by atoms with E-state index in [0.29, 0.717) is 37.2 Å². The first-order valence-electron chi connectivity index (χ1n) is 8.17. The molecule has 1 amide bonds. The van der Waals surface area contributed by atoms with Crippen LogP contribution in [0.5, 0.6) is 5.75 Å². The second-order valence-corrected chi connectivity index (χ2v) is 7.49. The fourth-order valence-electron chi connectivity index (χ4n) is 3.17. The summed E-state index contributed by atoms with van der Waals surface area (Å²) >= 11 is 0. The molecule has 0 bridgehead atoms. The van der Waals surface area contributed by atoms with Crippen molar-refractivity contribution in [1.82, 2.24) is 4.90 Å². The molecular formula is C18H22FNO4. The monoisotopic (exact) mass is 335 g/mol. The summed E-state index contributed by atoms with van der Waals surface area (Å²) in [7, 11) is 0. The number of carbonyl (C=O) groups excluding carboxylic acids is 2. The summed E-state index contributed by atoms with van der Waals surface area (Å²) in [5, 5.41) is 0. The number of rotatable bonds is 0. The van der Waals surface area contributed by atoms with Crippen molar-refractivity contribution in [2.75, 3.05) is 13.1 Å². The first kappa shape index (κ1) is 16.7. The lowest BCUT2D eigenvalue weighted by Crippen LogP contribution is -2.53. The largest absolute Gasteiger partial charge is 0.486 e. The molecule has 1 aromatic carbocycles. The number of hydrogen-bond donors (Lipinski definition) is 0. The van der Waals surface area contributed by atoms with Gasteiger partial charge in [-0.25, -0.2) is 9.18 Å². The standard InChI is InChI=1S/C18H22FNO4/c1-17(2,3)24-16(22)20-8-6-18(7-9-20)11-14(21)13-10-12(19)4-5-15(13)23-18/h4-5,10H,6-9,11H2,1-3H3. The first-order chi connectivity index (χ1) is 11.2. The van der Waals surface area contributed by atoms with Gasteiger partial charge >= 0.3 is 6.09 Å². The Morgan fingerprint density at radius 1 is 1.29 bits per heavy atom. The Morgan fingerprint density at radius 2 is 1.96 bits per heavy atom. The number of halogens is 1. The van der Waals surface area contributed by atoms with Crippen LogP contribution in [0.3, 0.4) is 0 Å². The van der Waals surface area contributed by atoms with E-state index < -0.39 is 17.0 Å². The van der Waals surface area contributed by atoms with Gasteiger partial charge < -0.3 is 14.4 Å². The number of ether oxygens (including phenoxy) is 2. The first-order valence-corrected chi connectivity index (χ1v) is 8.17. The number of fused-ring (bicyclic) bond motifs is 1. The molecule has 0 aromatic heterocycles. The molecule has 0 unspecified atom stereocenters. The molecule has 2 aliphatic rings. The van der Waals surface area contributed by atoms with Gasteiger partial charge in [0.2, 0.25) is 0 Å². The highest BCUT2D eigenvalue weighted by Gasteiger charge is 2.44. The Kier molecular flexibility index (Phi) is 4.01. The Labute approximate surface area is 140 Å². The van der Waals surface area contributed by atoms with E-state index in [0.717, 1.165) is 0 Å². The van der Waals surface area contributed by atoms with Crippen LogP contribution in [0.25, 0.3) is 0 Å². The predicted molar refractivity (Wildman–Crippen MR) is 85.7 cm³/mol. The van der Waals surface area contributed by atoms with Crippen LogP contribution in [0.15, 0.2) is 18.2 Å². The Morgan fingerprint density at radius 3 is 2.58 bits per heavy atom. The van der Waals surface area contributed by atoms with Gasteiger partial charge in [0.25, 0.3) is 0 Å². The van der Waals surface area contributed by atoms with E-state index in [2.05, 4.69) is 0 Å². The number of amides is 1. The minimum atomic E-state index is -0.611. The van der Waals surface area contributed by atoms with E-state index >= 15 is 0 Å². The van der Waals surface area contributed by atoms with E-state index in [1.165, 1.54) is 18.2 Å². The van der Waals surface area contributed by atoms with Gasteiger partial charge in [-0.1, -0.05) is 0 Å². The van der Waals surface area contributed by atoms with Crippen LogP contribution in [0.1, 0.15) is 50.4 Å². The lowest BCUT2D eigenvalue weighted by atomic mass is 9.82. The lowest BCUT2D eigenvalue weighted by Gasteiger charge is -2.43. The van der Waals surface area contributed by atoms with E-state index in [1.807, 2.05) is 20.8 Å². The molecule has 130 valence electrons. The summed E-state index contributed by atoms with van der Waals surface area (Å²) in [5.41, 5.74) is -0.845. The zero-order chi connectivity index (χ0) is 17.5. The summed E-state index contributed by atoms with van der Waals surface area (Å²) < 4.78 is 24.7. The molecule has 1 fully saturated rings. The second kappa shape index (κ2) is 5.76. The number of nitrogens with zero attached hydrogens (tertiary/aromatic N) is 1. The third-order valence-electron chi connectivity index (χ3n) is 4.38. The van der Waals surface area contributed by atoms with Crippen molar-refractivity contribution in [1.29, 1.82) is 0 Å². The predicted octanol–water partition coefficient (Wildman–Crippen LogP) is 3.56. The van der Waals surface area contributed by atoms with Gasteiger partial charge in [-0.3, -0.25) is 4.79 Å². The number of likely N-dealkylation sites (tertiary alicyclic amines) is 1. The highest BCUT2D eigenvalue weighted by atomic mass is 19.1. The molecule has 24 heavy (non-hydrogen) atoms. The van der Waals surface area contributed by atoms with Crippen LogP contribution in [-0.2, 0) is 4.74 Å². The number of piperidine rings is 1. The topological polar surface area (TPSA) is 55.8 Å². The van der Waals surface area contributed by atoms with Crippen LogP contribution >= 0.6 is 0 Å². The van der Waals surface area contributed by atoms with Gasteiger partial charge in [0.1, 0.15) is 22.8 Å². The minimum Gasteiger partial charge on any atom is -0.486 e. The number of carbonyl (C=O) groups is 2. The Bertz CT molecular complexity index is 672. The van der Waals surface area contributed by atoms with Gasteiger partial charge in [-0.05, 0) is 39.0 Å². The van der Waals surface area contributed by atoms with Gasteiger partial charge in [-0.15, -0.1) is 0 Å². The minimum absolute atomic E-state index is 0.110. The molecule has 0 aliphatic carbocycles. The summed E-state index contributed by atoms with van der Waals surface area (Å²) in [6.07, 6.45) is 0.969. The zero-order valence-corrected chi connectivity index (χ0v) is 14.2. The summed E-state index contributed by atoms with van der Waals surface area (Å²) in [6.45, 7) is 6.43. The van der Waals surface area contributed by atoms with E-state index in [9.17, 15) is 14.0 Å². The maximum absolute atomic E-state index is 13.3. The molecule has 0 saturated carbocycles. The van der Waals surface area contributed by atoms with Crippen molar-refractivity contribution >= 4 is 11.9 Å². The zero-order valence-electron chi connectivity index (χ0n) is 14.2. The molecule has 0 radical (unpaired) electrons. The summed E-state index contributed by atoms with van der Waals surface area (Å²) in [6, 6.07) is 4.02. The maximum Gasteiger partial charge on any atom is 0.410 e. The Balaban J connectivity index is 1.69. The van der Waals surface area contributed by atoms with Crippen LogP contribution in [0, 0.1) is 5.82 Å². The fraction of sp³-hybridized carbons (Fsp3) is 0.556. The van der Waals surface area contributed by atoms with Gasteiger partial charge in [0, 0.05) is 25.9 Å². The van der Waals surface area contributed by atoms with Crippen molar-refractivity contribution in [3.63, 3.8) is 0 Å². The van der Waals surface area contributed by atoms with Crippen LogP contribution in [0.2, 0.25) is 0 Å². The summed E-state index contributed by atoms with van der Waals surface area (Å²) in [4.78, 5) is 26.1. The number of Topliss-reactive ketones (excluding diaryl/α,β-unsaturated/α-hetero) is 1. The average Bonchev–Trinajstić information content (AvgIpc) is 2.47. The normalized spacial score (nSPS) is 19.7. The molecule has 1 saturated heterocycles. The van der Waals surface area contributed by atoms with Crippen molar-refractivity contribution in [2.24, 2.45) is 0 Å². The fourth-order valence-corrected chi connectivity index (χ4v) is 3.17. The van der Waals surface area contributed by atoms with Gasteiger partial charge in [0.15, 0.2) is 5.78 Å². The van der Waals surface area contributed by atoms with Crippen molar-refractivity contribution in [3.05, 3.63) is 29.6 Å². The molecular weight excluding hydrogens is 313 g/mol. The molecule has 2 aliphatic heterocycles. The van der Waals surface area contributed by atoms with E-state index in [4.69, 9.17) is 9.47 Å². The molecule has 1 aromatic rings. The van der Waals surface area contributed by atoms with Crippen LogP contribution < -0.4 is 4.74 Å². The quantitative estimate of drug-likeness (QED) is 0.727. The Hall–Kier alpha value is -2.11. The maximum atomic E-state index is 13.3. The summed E-state index contributed by atoms with van der Waals surface area (Å²) in [5.74, 6) is -0.124. The molecule has 2 heterocycles. The molecule has 1 spiro atoms. The number of benzene rings is 1. The number of ketones is 1. The van der Waals surface area contributed by atoms with E-state index in [-0.39, 0.29) is 18.3 Å². The third kappa shape index (κ3) is 3.37. The second-order valence-electron chi connectivity index (χ2n) is 7.49. The van der Waals surface area contributed by atoms with Crippen LogP contribution in [-0.4, -0.2) is 41.1 Å². The third-order valence-corrected chi connectivity index (χ3v) is 4.38. The smallest absolute Gasteiger partial charge is 0.410 e. The lowest BCUT2D eigenvalue weighted by molar-refractivity contribution is -0.0226. The SMILES string of the molecule is CC(C)(C)OC(=O)N1CCC2(CC1)CC(=O)c1cc(F)ccc1O2. The molecule has 3 rings (SSSR count). The highest BCUT2D eigenvalue weighted by molar-refractivity contribution is 6.00. The van der Waals surface area contributed by atoms with Crippen LogP contribution in [0.4, 0.5) is 9.18 Å². The highest BCUT2D eigenvalue weighted by Crippen LogP contribution is 2.39. The van der Waals surface area contributed by atoms with Crippen molar-refractivity contribution in [3.8, 4) is 5.75 Å². The van der Waals surface area contributed by atoms with Gasteiger partial charge in [-0.2, -0.15) is 0 Å². The molecule has 6 heteroatoms. The molecule has 0 N–H and O–H groups in total. The molecule has 5 nitrogen and oxygen atoms in total. The van der Waals surface area contributed by atoms with Crippen molar-refractivity contribution < 1.29 is 23.5 Å². The number of hydrogen-bond acceptors (Lipinski definition) is 4.